The van der Waals surface area contributed by atoms with Crippen LogP contribution in [0, 0.1) is 18.8 Å². The van der Waals surface area contributed by atoms with Crippen LogP contribution in [0.4, 0.5) is 0 Å². The number of carbonyl (C=O) groups is 1. The number of amides is 1. The van der Waals surface area contributed by atoms with Gasteiger partial charge < -0.3 is 15.8 Å². The average molecular weight is 260 g/mol. The minimum absolute atomic E-state index is 0.00843. The summed E-state index contributed by atoms with van der Waals surface area (Å²) in [5, 5.41) is 2.82. The van der Waals surface area contributed by atoms with Gasteiger partial charge in [-0.25, -0.2) is 0 Å². The zero-order valence-corrected chi connectivity index (χ0v) is 11.6. The van der Waals surface area contributed by atoms with Crippen molar-refractivity contribution in [1.82, 2.24) is 5.32 Å². The van der Waals surface area contributed by atoms with Crippen molar-refractivity contribution >= 4 is 5.91 Å². The van der Waals surface area contributed by atoms with Crippen LogP contribution in [0.15, 0.2) is 18.2 Å². The molecule has 102 valence electrons. The molecule has 0 saturated carbocycles. The van der Waals surface area contributed by atoms with E-state index >= 15 is 0 Å². The van der Waals surface area contributed by atoms with Crippen molar-refractivity contribution in [3.8, 4) is 11.8 Å². The lowest BCUT2D eigenvalue weighted by atomic mass is 10.0. The summed E-state index contributed by atoms with van der Waals surface area (Å²) in [5.41, 5.74) is 7.81. The maximum Gasteiger partial charge on any atom is 0.251 e. The highest BCUT2D eigenvalue weighted by Gasteiger charge is 2.08. The smallest absolute Gasteiger partial charge is 0.251 e. The summed E-state index contributed by atoms with van der Waals surface area (Å²) in [6, 6.07) is 5.45. The third-order valence-corrected chi connectivity index (χ3v) is 2.78. The van der Waals surface area contributed by atoms with E-state index in [0.29, 0.717) is 18.7 Å². The van der Waals surface area contributed by atoms with Crippen LogP contribution in [-0.4, -0.2) is 32.2 Å². The average Bonchev–Trinajstić information content (AvgIpc) is 2.43. The third-order valence-electron chi connectivity index (χ3n) is 2.78. The van der Waals surface area contributed by atoms with E-state index in [2.05, 4.69) is 17.2 Å². The normalized spacial score (nSPS) is 11.4. The Labute approximate surface area is 114 Å². The van der Waals surface area contributed by atoms with Crippen LogP contribution in [0.1, 0.15) is 28.4 Å². The number of hydrogen-bond donors (Lipinski definition) is 2. The molecule has 0 fully saturated rings. The fourth-order valence-electron chi connectivity index (χ4n) is 1.47. The van der Waals surface area contributed by atoms with Gasteiger partial charge in [0.25, 0.3) is 5.91 Å². The molecule has 1 aromatic rings. The molecule has 1 amide bonds. The predicted molar refractivity (Wildman–Crippen MR) is 75.9 cm³/mol. The Morgan fingerprint density at radius 1 is 1.53 bits per heavy atom. The molecular formula is C15H20N2O2. The van der Waals surface area contributed by atoms with Gasteiger partial charge >= 0.3 is 0 Å². The zero-order chi connectivity index (χ0) is 14.3. The van der Waals surface area contributed by atoms with E-state index in [1.54, 1.807) is 19.2 Å². The van der Waals surface area contributed by atoms with E-state index in [1.165, 1.54) is 0 Å². The summed E-state index contributed by atoms with van der Waals surface area (Å²) in [6.45, 7) is 4.64. The lowest BCUT2D eigenvalue weighted by molar-refractivity contribution is 0.0870. The minimum Gasteiger partial charge on any atom is -0.380 e. The summed E-state index contributed by atoms with van der Waals surface area (Å²) in [5.74, 6) is 5.64. The van der Waals surface area contributed by atoms with Crippen LogP contribution in [-0.2, 0) is 4.74 Å². The molecule has 1 unspecified atom stereocenters. The predicted octanol–water partition coefficient (Wildman–Crippen LogP) is 1.07. The van der Waals surface area contributed by atoms with Crippen molar-refractivity contribution in [2.75, 3.05) is 20.2 Å². The van der Waals surface area contributed by atoms with E-state index < -0.39 is 0 Å². The van der Waals surface area contributed by atoms with Crippen molar-refractivity contribution in [3.63, 3.8) is 0 Å². The molecule has 1 rings (SSSR count). The summed E-state index contributed by atoms with van der Waals surface area (Å²) in [7, 11) is 1.61. The van der Waals surface area contributed by atoms with E-state index in [0.717, 1.165) is 11.1 Å². The standard InChI is InChI=1S/C15H20N2O2/c1-11-6-7-14(9-13(11)5-4-8-16)15(18)17-10-12(2)19-3/h6-7,9,12H,8,10,16H2,1-3H3,(H,17,18). The molecule has 19 heavy (non-hydrogen) atoms. The van der Waals surface area contributed by atoms with Gasteiger partial charge in [-0.3, -0.25) is 4.79 Å². The molecule has 3 N–H and O–H groups in total. The molecule has 0 bridgehead atoms. The van der Waals surface area contributed by atoms with Gasteiger partial charge in [0.05, 0.1) is 12.6 Å². The van der Waals surface area contributed by atoms with Crippen LogP contribution in [0.2, 0.25) is 0 Å². The first-order valence-electron chi connectivity index (χ1n) is 6.19. The molecule has 4 heteroatoms. The zero-order valence-electron chi connectivity index (χ0n) is 11.6. The lowest BCUT2D eigenvalue weighted by Gasteiger charge is -2.11. The fraction of sp³-hybridized carbons (Fsp3) is 0.400. The van der Waals surface area contributed by atoms with Gasteiger partial charge in [0.15, 0.2) is 0 Å². The third kappa shape index (κ3) is 4.74. The number of carbonyl (C=O) groups excluding carboxylic acids is 1. The van der Waals surface area contributed by atoms with Gasteiger partial charge in [-0.2, -0.15) is 0 Å². The van der Waals surface area contributed by atoms with Crippen LogP contribution in [0.3, 0.4) is 0 Å². The van der Waals surface area contributed by atoms with Gasteiger partial charge in [0.2, 0.25) is 0 Å². The highest BCUT2D eigenvalue weighted by atomic mass is 16.5. The topological polar surface area (TPSA) is 64.3 Å². The van der Waals surface area contributed by atoms with E-state index in [4.69, 9.17) is 10.5 Å². The highest BCUT2D eigenvalue weighted by Crippen LogP contribution is 2.10. The minimum atomic E-state index is -0.125. The summed E-state index contributed by atoms with van der Waals surface area (Å²) >= 11 is 0. The molecule has 0 radical (unpaired) electrons. The molecule has 0 aromatic heterocycles. The maximum atomic E-state index is 12.0. The number of ether oxygens (including phenoxy) is 1. The molecule has 0 aliphatic rings. The molecule has 0 saturated heterocycles. The van der Waals surface area contributed by atoms with E-state index in [1.807, 2.05) is 19.9 Å². The Bertz CT molecular complexity index is 501. The van der Waals surface area contributed by atoms with Gasteiger partial charge in [-0.1, -0.05) is 17.9 Å². The maximum absolute atomic E-state index is 12.0. The Kier molecular flexibility index (Phi) is 6.07. The second-order valence-electron chi connectivity index (χ2n) is 4.29. The van der Waals surface area contributed by atoms with Crippen molar-refractivity contribution < 1.29 is 9.53 Å². The molecule has 1 atom stereocenters. The van der Waals surface area contributed by atoms with Gasteiger partial charge in [-0.15, -0.1) is 0 Å². The Hall–Kier alpha value is -1.83. The summed E-state index contributed by atoms with van der Waals surface area (Å²) < 4.78 is 5.08. The molecule has 0 spiro atoms. The first-order chi connectivity index (χ1) is 9.08. The summed E-state index contributed by atoms with van der Waals surface area (Å²) in [4.78, 5) is 12.0. The van der Waals surface area contributed by atoms with E-state index in [9.17, 15) is 4.79 Å². The molecule has 0 heterocycles. The van der Waals surface area contributed by atoms with E-state index in [-0.39, 0.29) is 12.0 Å². The fourth-order valence-corrected chi connectivity index (χ4v) is 1.47. The van der Waals surface area contributed by atoms with Crippen molar-refractivity contribution in [2.45, 2.75) is 20.0 Å². The van der Waals surface area contributed by atoms with Crippen LogP contribution in [0.5, 0.6) is 0 Å². The molecular weight excluding hydrogens is 240 g/mol. The van der Waals surface area contributed by atoms with Crippen LogP contribution < -0.4 is 11.1 Å². The largest absolute Gasteiger partial charge is 0.380 e. The SMILES string of the molecule is COC(C)CNC(=O)c1ccc(C)c(C#CCN)c1. The van der Waals surface area contributed by atoms with Gasteiger partial charge in [0, 0.05) is 24.8 Å². The molecule has 0 aliphatic heterocycles. The second-order valence-corrected chi connectivity index (χ2v) is 4.29. The van der Waals surface area contributed by atoms with Crippen LogP contribution >= 0.6 is 0 Å². The first kappa shape index (κ1) is 15.2. The number of rotatable bonds is 4. The van der Waals surface area contributed by atoms with Crippen molar-refractivity contribution in [3.05, 3.63) is 34.9 Å². The van der Waals surface area contributed by atoms with Crippen molar-refractivity contribution in [2.24, 2.45) is 5.73 Å². The number of aryl methyl sites for hydroxylation is 1. The van der Waals surface area contributed by atoms with Gasteiger partial charge in [0.1, 0.15) is 0 Å². The number of hydrogen-bond acceptors (Lipinski definition) is 3. The highest BCUT2D eigenvalue weighted by molar-refractivity contribution is 5.94. The lowest BCUT2D eigenvalue weighted by Crippen LogP contribution is -2.31. The molecule has 1 aromatic carbocycles. The monoisotopic (exact) mass is 260 g/mol. The first-order valence-corrected chi connectivity index (χ1v) is 6.19. The Balaban J connectivity index is 2.81. The molecule has 0 aliphatic carbocycles. The number of nitrogens with one attached hydrogen (secondary N) is 1. The second kappa shape index (κ2) is 7.57. The van der Waals surface area contributed by atoms with Crippen LogP contribution in [0.25, 0.3) is 0 Å². The Morgan fingerprint density at radius 2 is 2.26 bits per heavy atom. The Morgan fingerprint density at radius 3 is 2.89 bits per heavy atom. The molecule has 4 nitrogen and oxygen atoms in total. The quantitative estimate of drug-likeness (QED) is 0.796. The van der Waals surface area contributed by atoms with Gasteiger partial charge in [-0.05, 0) is 31.5 Å². The number of nitrogens with two attached hydrogens (primary N) is 1. The number of benzene rings is 1. The number of methoxy groups -OCH3 is 1. The summed E-state index contributed by atoms with van der Waals surface area (Å²) in [6.07, 6.45) is -0.00843. The van der Waals surface area contributed by atoms with Crippen molar-refractivity contribution in [1.29, 1.82) is 0 Å².